The monoisotopic (exact) mass is 253 g/mol. The molecule has 0 bridgehead atoms. The minimum absolute atomic E-state index is 0.265. The molecule has 2 rings (SSSR count). The molecule has 90 valence electrons. The zero-order chi connectivity index (χ0) is 12.4. The molecule has 0 aliphatic carbocycles. The molecule has 1 amide bonds. The van der Waals surface area contributed by atoms with Gasteiger partial charge in [0.2, 0.25) is 0 Å². The predicted octanol–water partition coefficient (Wildman–Crippen LogP) is 2.50. The molecule has 2 aromatic rings. The smallest absolute Gasteiger partial charge is 0.253 e. The van der Waals surface area contributed by atoms with Gasteiger partial charge in [-0.05, 0) is 30.8 Å². The zero-order valence-electron chi connectivity index (χ0n) is 9.26. The van der Waals surface area contributed by atoms with Crippen molar-refractivity contribution in [3.05, 3.63) is 28.3 Å². The molecule has 0 aliphatic heterocycles. The van der Waals surface area contributed by atoms with Gasteiger partial charge in [-0.1, -0.05) is 6.92 Å². The fourth-order valence-electron chi connectivity index (χ4n) is 1.62. The highest BCUT2D eigenvalue weighted by molar-refractivity contribution is 7.71. The first kappa shape index (κ1) is 11.8. The Morgan fingerprint density at radius 2 is 2.24 bits per heavy atom. The zero-order valence-corrected chi connectivity index (χ0v) is 10.1. The van der Waals surface area contributed by atoms with E-state index in [0.29, 0.717) is 22.3 Å². The summed E-state index contributed by atoms with van der Waals surface area (Å²) in [6, 6.07) is 2.50. The summed E-state index contributed by atoms with van der Waals surface area (Å²) in [6.07, 6.45) is 0.827. The first-order chi connectivity index (χ1) is 8.11. The Balaban J connectivity index is 2.51. The normalized spacial score (nSPS) is 10.7. The number of hydrogen-bond donors (Lipinski definition) is 3. The van der Waals surface area contributed by atoms with E-state index >= 15 is 0 Å². The molecule has 4 nitrogen and oxygen atoms in total. The number of H-pyrrole nitrogens is 2. The van der Waals surface area contributed by atoms with Crippen LogP contribution in [0, 0.1) is 10.6 Å². The molecule has 0 radical (unpaired) electrons. The van der Waals surface area contributed by atoms with E-state index in [0.717, 1.165) is 6.42 Å². The topological polar surface area (TPSA) is 60.7 Å². The van der Waals surface area contributed by atoms with Gasteiger partial charge in [0.25, 0.3) is 5.91 Å². The average molecular weight is 253 g/mol. The van der Waals surface area contributed by atoms with Crippen molar-refractivity contribution in [1.82, 2.24) is 15.3 Å². The Kier molecular flexibility index (Phi) is 3.23. The van der Waals surface area contributed by atoms with E-state index in [2.05, 4.69) is 15.3 Å². The molecule has 1 aromatic carbocycles. The molecule has 0 fully saturated rings. The minimum atomic E-state index is -0.468. The maximum atomic E-state index is 13.3. The largest absolute Gasteiger partial charge is 0.352 e. The standard InChI is InChI=1S/C11H12FN3OS/c1-2-3-13-10(16)7-4-6(12)5-8-9(7)15-11(17)14-8/h4-5H,2-3H2,1H3,(H,13,16)(H2,14,15,17). The van der Waals surface area contributed by atoms with Crippen LogP contribution in [0.3, 0.4) is 0 Å². The van der Waals surface area contributed by atoms with Crippen molar-refractivity contribution in [3.63, 3.8) is 0 Å². The van der Waals surface area contributed by atoms with Crippen molar-refractivity contribution in [2.24, 2.45) is 0 Å². The number of rotatable bonds is 3. The Morgan fingerprint density at radius 1 is 1.47 bits per heavy atom. The number of halogens is 1. The van der Waals surface area contributed by atoms with Gasteiger partial charge in [0.05, 0.1) is 16.6 Å². The van der Waals surface area contributed by atoms with E-state index in [1.807, 2.05) is 6.92 Å². The number of fused-ring (bicyclic) bond motifs is 1. The molecule has 0 saturated heterocycles. The quantitative estimate of drug-likeness (QED) is 0.736. The van der Waals surface area contributed by atoms with Crippen LogP contribution in [-0.2, 0) is 0 Å². The van der Waals surface area contributed by atoms with E-state index in [-0.39, 0.29) is 11.5 Å². The third-order valence-corrected chi connectivity index (χ3v) is 2.57. The van der Waals surface area contributed by atoms with Crippen LogP contribution in [0.15, 0.2) is 12.1 Å². The lowest BCUT2D eigenvalue weighted by Gasteiger charge is -2.04. The van der Waals surface area contributed by atoms with E-state index in [1.165, 1.54) is 12.1 Å². The third kappa shape index (κ3) is 2.36. The molecule has 17 heavy (non-hydrogen) atoms. The molecule has 6 heteroatoms. The van der Waals surface area contributed by atoms with Gasteiger partial charge in [0, 0.05) is 6.54 Å². The maximum absolute atomic E-state index is 13.3. The average Bonchev–Trinajstić information content (AvgIpc) is 2.64. The lowest BCUT2D eigenvalue weighted by Crippen LogP contribution is -2.24. The molecule has 0 saturated carbocycles. The summed E-state index contributed by atoms with van der Waals surface area (Å²) in [6.45, 7) is 2.51. The van der Waals surface area contributed by atoms with Crippen molar-refractivity contribution in [2.75, 3.05) is 6.54 Å². The van der Waals surface area contributed by atoms with Crippen LogP contribution in [0.4, 0.5) is 4.39 Å². The Hall–Kier alpha value is -1.69. The second kappa shape index (κ2) is 4.67. The fourth-order valence-corrected chi connectivity index (χ4v) is 1.83. The van der Waals surface area contributed by atoms with Gasteiger partial charge in [-0.2, -0.15) is 0 Å². The van der Waals surface area contributed by atoms with Gasteiger partial charge < -0.3 is 15.3 Å². The first-order valence-corrected chi connectivity index (χ1v) is 5.72. The molecule has 3 N–H and O–H groups in total. The van der Waals surface area contributed by atoms with Crippen LogP contribution in [0.1, 0.15) is 23.7 Å². The van der Waals surface area contributed by atoms with Gasteiger partial charge in [0.15, 0.2) is 4.77 Å². The van der Waals surface area contributed by atoms with Gasteiger partial charge in [0.1, 0.15) is 5.82 Å². The van der Waals surface area contributed by atoms with Crippen molar-refractivity contribution in [2.45, 2.75) is 13.3 Å². The Bertz CT molecular complexity index is 617. The number of aromatic amines is 2. The van der Waals surface area contributed by atoms with E-state index in [9.17, 15) is 9.18 Å². The van der Waals surface area contributed by atoms with E-state index < -0.39 is 5.82 Å². The molecule has 0 aliphatic rings. The summed E-state index contributed by atoms with van der Waals surface area (Å²) in [5, 5.41) is 2.70. The lowest BCUT2D eigenvalue weighted by molar-refractivity contribution is 0.0954. The van der Waals surface area contributed by atoms with Crippen molar-refractivity contribution in [1.29, 1.82) is 0 Å². The number of nitrogens with one attached hydrogen (secondary N) is 3. The molecule has 0 atom stereocenters. The number of hydrogen-bond acceptors (Lipinski definition) is 2. The van der Waals surface area contributed by atoms with Crippen LogP contribution in [0.5, 0.6) is 0 Å². The van der Waals surface area contributed by atoms with Crippen molar-refractivity contribution >= 4 is 29.2 Å². The van der Waals surface area contributed by atoms with Crippen molar-refractivity contribution < 1.29 is 9.18 Å². The highest BCUT2D eigenvalue weighted by Gasteiger charge is 2.13. The molecule has 1 heterocycles. The van der Waals surface area contributed by atoms with Crippen LogP contribution in [0.2, 0.25) is 0 Å². The Labute approximate surface area is 102 Å². The summed E-state index contributed by atoms with van der Waals surface area (Å²) >= 11 is 4.92. The van der Waals surface area contributed by atoms with Crippen LogP contribution in [-0.4, -0.2) is 22.4 Å². The molecule has 1 aromatic heterocycles. The number of carbonyl (C=O) groups excluding carboxylic acids is 1. The van der Waals surface area contributed by atoms with Gasteiger partial charge >= 0.3 is 0 Å². The van der Waals surface area contributed by atoms with Gasteiger partial charge in [-0.25, -0.2) is 4.39 Å². The van der Waals surface area contributed by atoms with Crippen LogP contribution in [0.25, 0.3) is 11.0 Å². The highest BCUT2D eigenvalue weighted by atomic mass is 32.1. The van der Waals surface area contributed by atoms with Gasteiger partial charge in [-0.15, -0.1) is 0 Å². The van der Waals surface area contributed by atoms with E-state index in [1.54, 1.807) is 0 Å². The fraction of sp³-hybridized carbons (Fsp3) is 0.273. The molecule has 0 unspecified atom stereocenters. The van der Waals surface area contributed by atoms with Crippen LogP contribution >= 0.6 is 12.2 Å². The van der Waals surface area contributed by atoms with Crippen molar-refractivity contribution in [3.8, 4) is 0 Å². The molecule has 0 spiro atoms. The summed E-state index contributed by atoms with van der Waals surface area (Å²) in [7, 11) is 0. The summed E-state index contributed by atoms with van der Waals surface area (Å²) in [5.74, 6) is -0.772. The highest BCUT2D eigenvalue weighted by Crippen LogP contribution is 2.17. The third-order valence-electron chi connectivity index (χ3n) is 2.37. The van der Waals surface area contributed by atoms with Gasteiger partial charge in [-0.3, -0.25) is 4.79 Å². The number of imidazole rings is 1. The second-order valence-corrected chi connectivity index (χ2v) is 4.12. The maximum Gasteiger partial charge on any atom is 0.253 e. The van der Waals surface area contributed by atoms with E-state index in [4.69, 9.17) is 12.2 Å². The lowest BCUT2D eigenvalue weighted by atomic mass is 10.1. The minimum Gasteiger partial charge on any atom is -0.352 e. The summed E-state index contributed by atoms with van der Waals surface area (Å²) in [5.41, 5.74) is 1.29. The first-order valence-electron chi connectivity index (χ1n) is 5.31. The predicted molar refractivity (Wildman–Crippen MR) is 66.1 cm³/mol. The number of aromatic nitrogens is 2. The summed E-state index contributed by atoms with van der Waals surface area (Å²) in [4.78, 5) is 17.5. The Morgan fingerprint density at radius 3 is 2.94 bits per heavy atom. The number of carbonyl (C=O) groups is 1. The summed E-state index contributed by atoms with van der Waals surface area (Å²) < 4.78 is 13.7. The second-order valence-electron chi connectivity index (χ2n) is 3.71. The molecular weight excluding hydrogens is 241 g/mol. The number of amides is 1. The van der Waals surface area contributed by atoms with Crippen LogP contribution < -0.4 is 5.32 Å². The number of benzene rings is 1. The SMILES string of the molecule is CCCNC(=O)c1cc(F)cc2[nH]c(=S)[nH]c12. The molecular formula is C11H12FN3OS.